The molecule has 2 aromatic rings. The van der Waals surface area contributed by atoms with E-state index in [0.717, 1.165) is 22.0 Å². The summed E-state index contributed by atoms with van der Waals surface area (Å²) in [5.74, 6) is 4.89. The van der Waals surface area contributed by atoms with Crippen LogP contribution in [0.15, 0.2) is 35.2 Å². The first-order valence-electron chi connectivity index (χ1n) is 7.17. The first kappa shape index (κ1) is 17.2. The molecule has 0 saturated heterocycles. The van der Waals surface area contributed by atoms with Crippen LogP contribution in [0.4, 0.5) is 0 Å². The van der Waals surface area contributed by atoms with Crippen molar-refractivity contribution < 1.29 is 9.59 Å². The van der Waals surface area contributed by atoms with Gasteiger partial charge in [-0.1, -0.05) is 22.9 Å². The van der Waals surface area contributed by atoms with Crippen molar-refractivity contribution in [2.75, 3.05) is 0 Å². The van der Waals surface area contributed by atoms with E-state index in [1.54, 1.807) is 18.5 Å². The number of carbonyl (C=O) groups excluding carboxylic acids is 2. The number of nitrogens with two attached hydrogens (primary N) is 1. The van der Waals surface area contributed by atoms with Gasteiger partial charge in [-0.05, 0) is 18.6 Å². The van der Waals surface area contributed by atoms with Crippen molar-refractivity contribution in [3.8, 4) is 11.1 Å². The number of nitrogen functional groups attached to an aromatic ring is 1. The number of hydrogen-bond acceptors (Lipinski definition) is 5. The number of ketones is 1. The molecule has 0 atom stereocenters. The summed E-state index contributed by atoms with van der Waals surface area (Å²) in [6.07, 6.45) is 6.45. The van der Waals surface area contributed by atoms with Gasteiger partial charge in [0.2, 0.25) is 0 Å². The predicted molar refractivity (Wildman–Crippen MR) is 90.4 cm³/mol. The van der Waals surface area contributed by atoms with Crippen LogP contribution in [0, 0.1) is 0 Å². The molecular formula is C16H17BrN4O2. The molecule has 0 saturated carbocycles. The van der Waals surface area contributed by atoms with Crippen LogP contribution in [0.5, 0.6) is 0 Å². The topological polar surface area (TPSA) is 98.0 Å². The monoisotopic (exact) mass is 376 g/mol. The number of nitrogens with zero attached hydrogens (tertiary/aromatic N) is 2. The zero-order chi connectivity index (χ0) is 16.8. The lowest BCUT2D eigenvalue weighted by Crippen LogP contribution is -2.30. The Kier molecular flexibility index (Phi) is 5.95. The summed E-state index contributed by atoms with van der Waals surface area (Å²) in [6.45, 7) is 1.97. The van der Waals surface area contributed by atoms with Crippen LogP contribution in [-0.2, 0) is 11.2 Å². The van der Waals surface area contributed by atoms with Gasteiger partial charge in [-0.15, -0.1) is 0 Å². The zero-order valence-corrected chi connectivity index (χ0v) is 14.3. The molecule has 0 aromatic carbocycles. The molecule has 3 N–H and O–H groups in total. The average Bonchev–Trinajstić information content (AvgIpc) is 2.54. The van der Waals surface area contributed by atoms with Gasteiger partial charge in [-0.25, -0.2) is 5.84 Å². The van der Waals surface area contributed by atoms with E-state index in [9.17, 15) is 9.59 Å². The van der Waals surface area contributed by atoms with Gasteiger partial charge in [0, 0.05) is 52.7 Å². The normalized spacial score (nSPS) is 10.4. The number of hydrazine groups is 1. The summed E-state index contributed by atoms with van der Waals surface area (Å²) in [7, 11) is 0. The maximum atomic E-state index is 11.7. The summed E-state index contributed by atoms with van der Waals surface area (Å²) in [5.41, 5.74) is 4.67. The zero-order valence-electron chi connectivity index (χ0n) is 12.7. The van der Waals surface area contributed by atoms with Gasteiger partial charge in [-0.2, -0.15) is 0 Å². The Morgan fingerprint density at radius 3 is 2.70 bits per heavy atom. The molecule has 2 aromatic heterocycles. The van der Waals surface area contributed by atoms with E-state index in [1.807, 2.05) is 13.0 Å². The molecule has 0 aliphatic heterocycles. The van der Waals surface area contributed by atoms with Gasteiger partial charge >= 0.3 is 0 Å². The molecule has 2 heterocycles. The van der Waals surface area contributed by atoms with Crippen molar-refractivity contribution in [3.05, 3.63) is 46.5 Å². The molecule has 6 nitrogen and oxygen atoms in total. The van der Waals surface area contributed by atoms with Gasteiger partial charge < -0.3 is 0 Å². The third kappa shape index (κ3) is 4.43. The second-order valence-electron chi connectivity index (χ2n) is 5.06. The van der Waals surface area contributed by atoms with E-state index < -0.39 is 5.91 Å². The number of pyridine rings is 2. The Labute approximate surface area is 142 Å². The largest absolute Gasteiger partial charge is 0.299 e. The lowest BCUT2D eigenvalue weighted by atomic mass is 10.1. The quantitative estimate of drug-likeness (QED) is 0.458. The van der Waals surface area contributed by atoms with Crippen LogP contribution in [-0.4, -0.2) is 21.7 Å². The Bertz CT molecular complexity index is 734. The minimum Gasteiger partial charge on any atom is -0.299 e. The van der Waals surface area contributed by atoms with Crippen LogP contribution in [0.1, 0.15) is 35.8 Å². The fourth-order valence-electron chi connectivity index (χ4n) is 2.14. The number of aromatic nitrogens is 2. The lowest BCUT2D eigenvalue weighted by Gasteiger charge is -2.08. The molecule has 0 radical (unpaired) electrons. The highest BCUT2D eigenvalue weighted by Gasteiger charge is 2.11. The molecule has 23 heavy (non-hydrogen) atoms. The maximum Gasteiger partial charge on any atom is 0.266 e. The number of halogens is 1. The van der Waals surface area contributed by atoms with Crippen molar-refractivity contribution in [3.63, 3.8) is 0 Å². The number of hydrogen-bond donors (Lipinski definition) is 2. The molecule has 7 heteroatoms. The lowest BCUT2D eigenvalue weighted by molar-refractivity contribution is -0.118. The Balaban J connectivity index is 2.27. The molecule has 0 aliphatic carbocycles. The van der Waals surface area contributed by atoms with Crippen LogP contribution < -0.4 is 11.3 Å². The molecule has 1 amide bonds. The Hall–Kier alpha value is -2.12. The van der Waals surface area contributed by atoms with Gasteiger partial charge in [0.05, 0.1) is 5.56 Å². The van der Waals surface area contributed by atoms with Crippen molar-refractivity contribution in [2.24, 2.45) is 5.84 Å². The highest BCUT2D eigenvalue weighted by molar-refractivity contribution is 9.10. The van der Waals surface area contributed by atoms with Gasteiger partial charge in [0.25, 0.3) is 5.91 Å². The summed E-state index contributed by atoms with van der Waals surface area (Å²) in [4.78, 5) is 31.7. The van der Waals surface area contributed by atoms with Crippen LogP contribution in [0.3, 0.4) is 0 Å². The number of Topliss-reactive ketones (excluding diaryl/α,β-unsaturated/α-hetero) is 1. The van der Waals surface area contributed by atoms with Gasteiger partial charge in [-0.3, -0.25) is 25.0 Å². The van der Waals surface area contributed by atoms with E-state index in [4.69, 9.17) is 5.84 Å². The van der Waals surface area contributed by atoms with Crippen LogP contribution in [0.2, 0.25) is 0 Å². The maximum absolute atomic E-state index is 11.7. The van der Waals surface area contributed by atoms with Gasteiger partial charge in [0.15, 0.2) is 0 Å². The first-order chi connectivity index (χ1) is 11.0. The smallest absolute Gasteiger partial charge is 0.266 e. The second kappa shape index (κ2) is 7.94. The number of carbonyl (C=O) groups is 2. The Morgan fingerprint density at radius 1 is 1.26 bits per heavy atom. The molecule has 2 rings (SSSR count). The second-order valence-corrected chi connectivity index (χ2v) is 5.91. The summed E-state index contributed by atoms with van der Waals surface area (Å²) in [6, 6.07) is 3.50. The standard InChI is InChI=1S/C16H17BrN4O2/c1-2-3-13(22)5-12-6-15(17)14(9-20-12)10-4-11(8-19-7-10)16(23)21-18/h4,6-9H,2-3,5,18H2,1H3,(H,21,23). The molecular weight excluding hydrogens is 360 g/mol. The molecule has 120 valence electrons. The number of amides is 1. The molecule has 0 spiro atoms. The predicted octanol–water partition coefficient (Wildman–Crippen LogP) is 2.42. The summed E-state index contributed by atoms with van der Waals surface area (Å²) in [5, 5.41) is 0. The molecule has 0 aliphatic rings. The first-order valence-corrected chi connectivity index (χ1v) is 7.97. The molecule has 0 unspecified atom stereocenters. The average molecular weight is 377 g/mol. The van der Waals surface area contributed by atoms with E-state index in [0.29, 0.717) is 24.1 Å². The summed E-state index contributed by atoms with van der Waals surface area (Å²) < 4.78 is 0.791. The van der Waals surface area contributed by atoms with Crippen LogP contribution in [0.25, 0.3) is 11.1 Å². The van der Waals surface area contributed by atoms with E-state index in [-0.39, 0.29) is 5.78 Å². The van der Waals surface area contributed by atoms with Crippen molar-refractivity contribution in [1.29, 1.82) is 0 Å². The highest BCUT2D eigenvalue weighted by Crippen LogP contribution is 2.28. The van der Waals surface area contributed by atoms with Crippen LogP contribution >= 0.6 is 15.9 Å². The third-order valence-corrected chi connectivity index (χ3v) is 3.92. The minimum absolute atomic E-state index is 0.169. The van der Waals surface area contributed by atoms with Crippen molar-refractivity contribution in [1.82, 2.24) is 15.4 Å². The van der Waals surface area contributed by atoms with E-state index in [1.165, 1.54) is 6.20 Å². The van der Waals surface area contributed by atoms with E-state index >= 15 is 0 Å². The minimum atomic E-state index is -0.412. The van der Waals surface area contributed by atoms with E-state index in [2.05, 4.69) is 31.3 Å². The van der Waals surface area contributed by atoms with Crippen molar-refractivity contribution in [2.45, 2.75) is 26.2 Å². The highest BCUT2D eigenvalue weighted by atomic mass is 79.9. The van der Waals surface area contributed by atoms with Crippen molar-refractivity contribution >= 4 is 27.6 Å². The third-order valence-electron chi connectivity index (χ3n) is 3.26. The molecule has 0 fully saturated rings. The SMILES string of the molecule is CCCC(=O)Cc1cc(Br)c(-c2cncc(C(=O)NN)c2)cn1. The number of rotatable bonds is 6. The fourth-order valence-corrected chi connectivity index (χ4v) is 2.74. The Morgan fingerprint density at radius 2 is 2.04 bits per heavy atom. The van der Waals surface area contributed by atoms with Gasteiger partial charge in [0.1, 0.15) is 5.78 Å². The fraction of sp³-hybridized carbons (Fsp3) is 0.250. The number of nitrogens with one attached hydrogen (secondary N) is 1. The molecule has 0 bridgehead atoms. The summed E-state index contributed by atoms with van der Waals surface area (Å²) >= 11 is 3.49.